The van der Waals surface area contributed by atoms with Crippen molar-refractivity contribution in [1.29, 1.82) is 0 Å². The van der Waals surface area contributed by atoms with E-state index in [0.717, 1.165) is 36.1 Å². The van der Waals surface area contributed by atoms with E-state index in [1.807, 2.05) is 24.3 Å². The minimum Gasteiger partial charge on any atom is -0.448 e. The van der Waals surface area contributed by atoms with Gasteiger partial charge in [-0.25, -0.2) is 4.79 Å². The number of benzene rings is 2. The van der Waals surface area contributed by atoms with Gasteiger partial charge in [0.05, 0.1) is 5.56 Å². The van der Waals surface area contributed by atoms with Crippen LogP contribution < -0.4 is 5.32 Å². The second-order valence-corrected chi connectivity index (χ2v) is 9.17. The highest BCUT2D eigenvalue weighted by Gasteiger charge is 2.32. The second-order valence-electron chi connectivity index (χ2n) is 9.17. The summed E-state index contributed by atoms with van der Waals surface area (Å²) in [7, 11) is 0. The number of carbonyl (C=O) groups is 2. The molecular formula is C29H34F3NO3. The van der Waals surface area contributed by atoms with Gasteiger partial charge in [-0.1, -0.05) is 75.1 Å². The third kappa shape index (κ3) is 9.77. The monoisotopic (exact) mass is 501 g/mol. The molecule has 1 amide bonds. The van der Waals surface area contributed by atoms with Gasteiger partial charge in [0.25, 0.3) is 0 Å². The number of halogens is 3. The standard InChI is InChI=1S/C29H34F3NO3/c1-4-5-6-7-8-9-10-11-12-22-13-15-23(16-14-22)21-33-26(34)27(35)36-28(2,3)24-17-19-25(20-18-24)29(30,31)32/h13-20H,4-10,21H2,1-3H3,(H,33,34). The van der Waals surface area contributed by atoms with Crippen LogP contribution in [0.2, 0.25) is 0 Å². The van der Waals surface area contributed by atoms with Crippen molar-refractivity contribution >= 4 is 11.9 Å². The number of unbranched alkanes of at least 4 members (excludes halogenated alkanes) is 6. The van der Waals surface area contributed by atoms with Gasteiger partial charge in [-0.3, -0.25) is 4.79 Å². The van der Waals surface area contributed by atoms with E-state index >= 15 is 0 Å². The molecule has 0 saturated carbocycles. The molecule has 194 valence electrons. The molecule has 0 aromatic heterocycles. The maximum absolute atomic E-state index is 12.8. The van der Waals surface area contributed by atoms with E-state index in [1.54, 1.807) is 0 Å². The fourth-order valence-corrected chi connectivity index (χ4v) is 3.52. The fraction of sp³-hybridized carbons (Fsp3) is 0.448. The summed E-state index contributed by atoms with van der Waals surface area (Å²) in [6, 6.07) is 11.7. The highest BCUT2D eigenvalue weighted by Crippen LogP contribution is 2.32. The van der Waals surface area contributed by atoms with Crippen molar-refractivity contribution in [2.45, 2.75) is 84.0 Å². The Morgan fingerprint density at radius 3 is 2.06 bits per heavy atom. The summed E-state index contributed by atoms with van der Waals surface area (Å²) < 4.78 is 43.5. The van der Waals surface area contributed by atoms with E-state index in [0.29, 0.717) is 5.56 Å². The van der Waals surface area contributed by atoms with Crippen molar-refractivity contribution in [2.75, 3.05) is 0 Å². The summed E-state index contributed by atoms with van der Waals surface area (Å²) in [5.41, 5.74) is -0.0758. The molecule has 0 atom stereocenters. The Morgan fingerprint density at radius 1 is 0.861 bits per heavy atom. The van der Waals surface area contributed by atoms with Crippen LogP contribution in [0.25, 0.3) is 0 Å². The van der Waals surface area contributed by atoms with Crippen LogP contribution in [0.4, 0.5) is 13.2 Å². The fourth-order valence-electron chi connectivity index (χ4n) is 3.52. The molecule has 36 heavy (non-hydrogen) atoms. The zero-order valence-corrected chi connectivity index (χ0v) is 21.1. The number of rotatable bonds is 10. The minimum absolute atomic E-state index is 0.125. The summed E-state index contributed by atoms with van der Waals surface area (Å²) in [4.78, 5) is 24.5. The molecule has 0 radical (unpaired) electrons. The lowest BCUT2D eigenvalue weighted by Gasteiger charge is -2.25. The topological polar surface area (TPSA) is 55.4 Å². The first-order chi connectivity index (χ1) is 17.0. The Morgan fingerprint density at radius 2 is 1.44 bits per heavy atom. The quantitative estimate of drug-likeness (QED) is 0.167. The Bertz CT molecular complexity index is 1050. The number of alkyl halides is 3. The van der Waals surface area contributed by atoms with E-state index in [9.17, 15) is 22.8 Å². The Labute approximate surface area is 211 Å². The van der Waals surface area contributed by atoms with Crippen LogP contribution in [0.3, 0.4) is 0 Å². The van der Waals surface area contributed by atoms with Crippen molar-refractivity contribution in [1.82, 2.24) is 5.32 Å². The molecule has 2 aromatic rings. The zero-order chi connectivity index (χ0) is 26.6. The lowest BCUT2D eigenvalue weighted by Crippen LogP contribution is -2.37. The van der Waals surface area contributed by atoms with E-state index in [1.165, 1.54) is 58.1 Å². The molecule has 0 fully saturated rings. The molecule has 1 N–H and O–H groups in total. The molecule has 0 spiro atoms. The van der Waals surface area contributed by atoms with Gasteiger partial charge in [0.2, 0.25) is 0 Å². The summed E-state index contributed by atoms with van der Waals surface area (Å²) in [5, 5.41) is 2.50. The Balaban J connectivity index is 1.79. The average molecular weight is 502 g/mol. The van der Waals surface area contributed by atoms with Crippen LogP contribution >= 0.6 is 0 Å². The molecule has 0 bridgehead atoms. The van der Waals surface area contributed by atoms with Crippen LogP contribution in [0.5, 0.6) is 0 Å². The largest absolute Gasteiger partial charge is 0.448 e. The van der Waals surface area contributed by atoms with Gasteiger partial charge < -0.3 is 10.1 Å². The van der Waals surface area contributed by atoms with Crippen molar-refractivity contribution < 1.29 is 27.5 Å². The summed E-state index contributed by atoms with van der Waals surface area (Å²) in [6.45, 7) is 5.34. The number of esters is 1. The third-order valence-corrected chi connectivity index (χ3v) is 5.74. The summed E-state index contributed by atoms with van der Waals surface area (Å²) in [5.74, 6) is 4.28. The molecule has 2 rings (SSSR count). The average Bonchev–Trinajstić information content (AvgIpc) is 2.84. The van der Waals surface area contributed by atoms with Gasteiger partial charge in [0.15, 0.2) is 0 Å². The van der Waals surface area contributed by atoms with Crippen molar-refractivity contribution in [3.8, 4) is 11.8 Å². The van der Waals surface area contributed by atoms with Crippen LogP contribution in [0.1, 0.15) is 88.0 Å². The van der Waals surface area contributed by atoms with Gasteiger partial charge in [-0.2, -0.15) is 13.2 Å². The first-order valence-electron chi connectivity index (χ1n) is 12.3. The predicted molar refractivity (Wildman–Crippen MR) is 134 cm³/mol. The van der Waals surface area contributed by atoms with Crippen molar-refractivity contribution in [3.05, 3.63) is 70.8 Å². The first-order valence-corrected chi connectivity index (χ1v) is 12.3. The third-order valence-electron chi connectivity index (χ3n) is 5.74. The number of amides is 1. The molecular weight excluding hydrogens is 467 g/mol. The number of hydrogen-bond donors (Lipinski definition) is 1. The minimum atomic E-state index is -4.46. The van der Waals surface area contributed by atoms with Crippen LogP contribution in [0.15, 0.2) is 48.5 Å². The van der Waals surface area contributed by atoms with E-state index in [-0.39, 0.29) is 6.54 Å². The molecule has 0 saturated heterocycles. The van der Waals surface area contributed by atoms with E-state index in [4.69, 9.17) is 4.74 Å². The van der Waals surface area contributed by atoms with Gasteiger partial charge >= 0.3 is 18.1 Å². The smallest absolute Gasteiger partial charge is 0.416 e. The maximum atomic E-state index is 12.8. The number of ether oxygens (including phenoxy) is 1. The SMILES string of the molecule is CCCCCCCCC#Cc1ccc(CNC(=O)C(=O)OC(C)(C)c2ccc(C(F)(F)F)cc2)cc1. The molecule has 0 aliphatic carbocycles. The molecule has 7 heteroatoms. The molecule has 2 aromatic carbocycles. The summed E-state index contributed by atoms with van der Waals surface area (Å²) >= 11 is 0. The molecule has 0 unspecified atom stereocenters. The van der Waals surface area contributed by atoms with Crippen molar-refractivity contribution in [2.24, 2.45) is 0 Å². The maximum Gasteiger partial charge on any atom is 0.416 e. The van der Waals surface area contributed by atoms with Crippen LogP contribution in [-0.2, 0) is 32.6 Å². The zero-order valence-electron chi connectivity index (χ0n) is 21.1. The highest BCUT2D eigenvalue weighted by atomic mass is 19.4. The highest BCUT2D eigenvalue weighted by molar-refractivity contribution is 6.32. The Kier molecular flexibility index (Phi) is 11.0. The van der Waals surface area contributed by atoms with Gasteiger partial charge in [-0.15, -0.1) is 0 Å². The first kappa shape index (κ1) is 29.0. The van der Waals surface area contributed by atoms with Crippen molar-refractivity contribution in [3.63, 3.8) is 0 Å². The van der Waals surface area contributed by atoms with Gasteiger partial charge in [-0.05, 0) is 55.7 Å². The van der Waals surface area contributed by atoms with Gasteiger partial charge in [0, 0.05) is 18.5 Å². The number of hydrogen-bond acceptors (Lipinski definition) is 3. The number of carbonyl (C=O) groups excluding carboxylic acids is 2. The normalized spacial score (nSPS) is 11.4. The summed E-state index contributed by atoms with van der Waals surface area (Å²) in [6.07, 6.45) is 3.80. The van der Waals surface area contributed by atoms with Gasteiger partial charge in [0.1, 0.15) is 5.60 Å². The molecule has 4 nitrogen and oxygen atoms in total. The second kappa shape index (κ2) is 13.7. The Hall–Kier alpha value is -3.27. The number of nitrogens with one attached hydrogen (secondary N) is 1. The lowest BCUT2D eigenvalue weighted by atomic mass is 9.97. The molecule has 0 aliphatic rings. The van der Waals surface area contributed by atoms with E-state index < -0.39 is 29.2 Å². The van der Waals surface area contributed by atoms with Crippen LogP contribution in [0, 0.1) is 11.8 Å². The van der Waals surface area contributed by atoms with Crippen LogP contribution in [-0.4, -0.2) is 11.9 Å². The lowest BCUT2D eigenvalue weighted by molar-refractivity contribution is -0.165. The molecule has 0 aliphatic heterocycles. The molecule has 0 heterocycles. The van der Waals surface area contributed by atoms with E-state index in [2.05, 4.69) is 24.1 Å². The predicted octanol–water partition coefficient (Wildman–Crippen LogP) is 6.90.